The van der Waals surface area contributed by atoms with E-state index in [-0.39, 0.29) is 11.5 Å². The van der Waals surface area contributed by atoms with Gasteiger partial charge in [-0.05, 0) is 46.8 Å². The predicted octanol–water partition coefficient (Wildman–Crippen LogP) is 3.49. The van der Waals surface area contributed by atoms with Crippen molar-refractivity contribution in [3.05, 3.63) is 59.9 Å². The third kappa shape index (κ3) is 2.54. The Morgan fingerprint density at radius 3 is 2.27 bits per heavy atom. The number of aromatic nitrogens is 4. The van der Waals surface area contributed by atoms with Crippen LogP contribution in [0.2, 0.25) is 0 Å². The summed E-state index contributed by atoms with van der Waals surface area (Å²) in [6.07, 6.45) is -4.54. The quantitative estimate of drug-likeness (QED) is 0.681. The maximum absolute atomic E-state index is 13.1. The van der Waals surface area contributed by atoms with Gasteiger partial charge in [-0.3, -0.25) is 0 Å². The number of hydrogen-bond acceptors (Lipinski definition) is 3. The van der Waals surface area contributed by atoms with Crippen LogP contribution < -0.4 is 0 Å². The van der Waals surface area contributed by atoms with Gasteiger partial charge in [0.2, 0.25) is 0 Å². The molecule has 1 aromatic heterocycles. The average Bonchev–Trinajstić information content (AvgIpc) is 2.96. The number of rotatable bonds is 2. The Balaban J connectivity index is 2.16. The minimum absolute atomic E-state index is 0.0942. The summed E-state index contributed by atoms with van der Waals surface area (Å²) in [6.45, 7) is 0. The minimum atomic E-state index is -4.54. The van der Waals surface area contributed by atoms with Gasteiger partial charge in [0.1, 0.15) is 5.82 Å². The summed E-state index contributed by atoms with van der Waals surface area (Å²) in [5.74, 6) is -0.366. The Hall–Kier alpha value is -2.77. The van der Waals surface area contributed by atoms with Gasteiger partial charge < -0.3 is 0 Å². The van der Waals surface area contributed by atoms with Crippen LogP contribution in [0.3, 0.4) is 0 Å². The molecule has 0 radical (unpaired) electrons. The summed E-state index contributed by atoms with van der Waals surface area (Å²) in [6, 6.07) is 10.1. The fraction of sp³-hybridized carbons (Fsp3) is 0.0714. The van der Waals surface area contributed by atoms with Gasteiger partial charge in [0.05, 0.1) is 11.3 Å². The molecule has 3 aromatic rings. The van der Waals surface area contributed by atoms with E-state index < -0.39 is 17.6 Å². The molecule has 0 amide bonds. The normalized spacial score (nSPS) is 11.6. The van der Waals surface area contributed by atoms with Gasteiger partial charge in [0.15, 0.2) is 5.82 Å². The summed E-state index contributed by atoms with van der Waals surface area (Å²) >= 11 is 0. The lowest BCUT2D eigenvalue weighted by Crippen LogP contribution is -2.12. The number of tetrazole rings is 1. The Morgan fingerprint density at radius 1 is 0.909 bits per heavy atom. The van der Waals surface area contributed by atoms with E-state index >= 15 is 0 Å². The topological polar surface area (TPSA) is 43.6 Å². The fourth-order valence-corrected chi connectivity index (χ4v) is 2.03. The van der Waals surface area contributed by atoms with E-state index in [9.17, 15) is 17.6 Å². The summed E-state index contributed by atoms with van der Waals surface area (Å²) in [5.41, 5.74) is -0.645. The molecule has 0 fully saturated rings. The van der Waals surface area contributed by atoms with Gasteiger partial charge in [-0.25, -0.2) is 4.39 Å². The standard InChI is InChI=1S/C14H8F4N4/c15-10-7-5-9(6-8-10)13-19-20-21-22(13)12-4-2-1-3-11(12)14(16,17)18/h1-8H. The molecule has 0 bridgehead atoms. The summed E-state index contributed by atoms with van der Waals surface area (Å²) in [4.78, 5) is 0. The van der Waals surface area contributed by atoms with Crippen LogP contribution in [0.1, 0.15) is 5.56 Å². The van der Waals surface area contributed by atoms with Gasteiger partial charge >= 0.3 is 6.18 Å². The highest BCUT2D eigenvalue weighted by molar-refractivity contribution is 5.58. The first kappa shape index (κ1) is 14.2. The second kappa shape index (κ2) is 5.21. The van der Waals surface area contributed by atoms with Crippen molar-refractivity contribution in [1.82, 2.24) is 20.2 Å². The maximum atomic E-state index is 13.1. The van der Waals surface area contributed by atoms with Crippen molar-refractivity contribution in [1.29, 1.82) is 0 Å². The fourth-order valence-electron chi connectivity index (χ4n) is 2.03. The molecule has 0 aliphatic carbocycles. The van der Waals surface area contributed by atoms with E-state index in [0.29, 0.717) is 5.56 Å². The molecule has 3 rings (SSSR count). The zero-order valence-corrected chi connectivity index (χ0v) is 10.9. The molecule has 4 nitrogen and oxygen atoms in total. The van der Waals surface area contributed by atoms with Gasteiger partial charge in [0.25, 0.3) is 0 Å². The molecule has 0 aliphatic heterocycles. The summed E-state index contributed by atoms with van der Waals surface area (Å²) in [5, 5.41) is 10.8. The highest BCUT2D eigenvalue weighted by Gasteiger charge is 2.34. The second-order valence-corrected chi connectivity index (χ2v) is 4.44. The van der Waals surface area contributed by atoms with Crippen LogP contribution in [0.25, 0.3) is 17.1 Å². The van der Waals surface area contributed by atoms with Crippen molar-refractivity contribution in [3.8, 4) is 17.1 Å². The Labute approximate surface area is 122 Å². The largest absolute Gasteiger partial charge is 0.418 e. The number of para-hydroxylation sites is 1. The smallest absolute Gasteiger partial charge is 0.207 e. The molecule has 1 heterocycles. The van der Waals surface area contributed by atoms with Crippen LogP contribution >= 0.6 is 0 Å². The molecular formula is C14H8F4N4. The zero-order valence-electron chi connectivity index (χ0n) is 10.9. The van der Waals surface area contributed by atoms with Crippen molar-refractivity contribution in [2.45, 2.75) is 6.18 Å². The molecule has 0 saturated heterocycles. The van der Waals surface area contributed by atoms with Crippen LogP contribution in [0.5, 0.6) is 0 Å². The van der Waals surface area contributed by atoms with E-state index in [4.69, 9.17) is 0 Å². The SMILES string of the molecule is Fc1ccc(-c2nnnn2-c2ccccc2C(F)(F)F)cc1. The van der Waals surface area contributed by atoms with Crippen LogP contribution in [-0.4, -0.2) is 20.2 Å². The van der Waals surface area contributed by atoms with E-state index in [2.05, 4.69) is 15.5 Å². The molecule has 8 heteroatoms. The summed E-state index contributed by atoms with van der Waals surface area (Å²) in [7, 11) is 0. The third-order valence-electron chi connectivity index (χ3n) is 3.01. The van der Waals surface area contributed by atoms with Crippen LogP contribution in [-0.2, 0) is 6.18 Å². The molecule has 0 spiro atoms. The first-order valence-electron chi connectivity index (χ1n) is 6.18. The number of hydrogen-bond donors (Lipinski definition) is 0. The van der Waals surface area contributed by atoms with Crippen molar-refractivity contribution in [3.63, 3.8) is 0 Å². The van der Waals surface area contributed by atoms with Crippen molar-refractivity contribution in [2.24, 2.45) is 0 Å². The molecule has 112 valence electrons. The molecular weight excluding hydrogens is 300 g/mol. The molecule has 2 aromatic carbocycles. The first-order chi connectivity index (χ1) is 10.5. The Bertz CT molecular complexity index is 793. The van der Waals surface area contributed by atoms with E-state index in [1.807, 2.05) is 0 Å². The minimum Gasteiger partial charge on any atom is -0.207 e. The molecule has 0 atom stereocenters. The van der Waals surface area contributed by atoms with Gasteiger partial charge in [-0.1, -0.05) is 12.1 Å². The zero-order chi connectivity index (χ0) is 15.7. The van der Waals surface area contributed by atoms with Crippen LogP contribution in [0, 0.1) is 5.82 Å². The predicted molar refractivity (Wildman–Crippen MR) is 69.5 cm³/mol. The Kier molecular flexibility index (Phi) is 3.36. The van der Waals surface area contributed by atoms with Gasteiger partial charge in [-0.2, -0.15) is 17.9 Å². The first-order valence-corrected chi connectivity index (χ1v) is 6.18. The average molecular weight is 308 g/mol. The molecule has 0 saturated carbocycles. The van der Waals surface area contributed by atoms with Crippen LogP contribution in [0.15, 0.2) is 48.5 Å². The lowest BCUT2D eigenvalue weighted by atomic mass is 10.1. The summed E-state index contributed by atoms with van der Waals surface area (Å²) < 4.78 is 53.2. The number of alkyl halides is 3. The maximum Gasteiger partial charge on any atom is 0.418 e. The lowest BCUT2D eigenvalue weighted by molar-refractivity contribution is -0.137. The molecule has 22 heavy (non-hydrogen) atoms. The van der Waals surface area contributed by atoms with Crippen molar-refractivity contribution < 1.29 is 17.6 Å². The van der Waals surface area contributed by atoms with Crippen molar-refractivity contribution in [2.75, 3.05) is 0 Å². The highest BCUT2D eigenvalue weighted by Crippen LogP contribution is 2.34. The van der Waals surface area contributed by atoms with E-state index in [1.54, 1.807) is 0 Å². The van der Waals surface area contributed by atoms with Crippen LogP contribution in [0.4, 0.5) is 17.6 Å². The monoisotopic (exact) mass is 308 g/mol. The number of halogens is 4. The van der Waals surface area contributed by atoms with Gasteiger partial charge in [-0.15, -0.1) is 5.10 Å². The number of nitrogens with zero attached hydrogens (tertiary/aromatic N) is 4. The second-order valence-electron chi connectivity index (χ2n) is 4.44. The molecule has 0 unspecified atom stereocenters. The van der Waals surface area contributed by atoms with Crippen molar-refractivity contribution >= 4 is 0 Å². The highest BCUT2D eigenvalue weighted by atomic mass is 19.4. The number of benzene rings is 2. The lowest BCUT2D eigenvalue weighted by Gasteiger charge is -2.13. The van der Waals surface area contributed by atoms with Gasteiger partial charge in [0, 0.05) is 5.56 Å². The van der Waals surface area contributed by atoms with E-state index in [1.165, 1.54) is 42.5 Å². The molecule has 0 N–H and O–H groups in total. The third-order valence-corrected chi connectivity index (χ3v) is 3.01. The Morgan fingerprint density at radius 2 is 1.59 bits per heavy atom. The molecule has 0 aliphatic rings. The van der Waals surface area contributed by atoms with E-state index in [0.717, 1.165) is 10.7 Å².